The van der Waals surface area contributed by atoms with Crippen molar-refractivity contribution in [1.29, 1.82) is 0 Å². The fourth-order valence-corrected chi connectivity index (χ4v) is 2.22. The SMILES string of the molecule is CN1CC(NC(=O)c2ccncc2C#CCO)CCC1=O. The first-order chi connectivity index (χ1) is 10.1. The number of rotatable bonds is 2. The molecule has 0 radical (unpaired) electrons. The average Bonchev–Trinajstić information content (AvgIpc) is 2.49. The van der Waals surface area contributed by atoms with Crippen molar-refractivity contribution < 1.29 is 14.7 Å². The van der Waals surface area contributed by atoms with E-state index in [0.717, 1.165) is 0 Å². The molecular formula is C15H17N3O3. The van der Waals surface area contributed by atoms with Crippen LogP contribution in [0.5, 0.6) is 0 Å². The molecule has 1 fully saturated rings. The van der Waals surface area contributed by atoms with Gasteiger partial charge in [0.25, 0.3) is 5.91 Å². The molecule has 1 aromatic heterocycles. The summed E-state index contributed by atoms with van der Waals surface area (Å²) in [5.74, 6) is 5.07. The number of nitrogens with one attached hydrogen (secondary N) is 1. The summed E-state index contributed by atoms with van der Waals surface area (Å²) in [5.41, 5.74) is 0.898. The number of nitrogens with zero attached hydrogens (tertiary/aromatic N) is 2. The van der Waals surface area contributed by atoms with Crippen LogP contribution in [0.2, 0.25) is 0 Å². The van der Waals surface area contributed by atoms with E-state index in [4.69, 9.17) is 5.11 Å². The predicted octanol–water partition coefficient (Wildman–Crippen LogP) is -0.224. The molecule has 21 heavy (non-hydrogen) atoms. The van der Waals surface area contributed by atoms with E-state index in [9.17, 15) is 9.59 Å². The third-order valence-corrected chi connectivity index (χ3v) is 3.33. The van der Waals surface area contributed by atoms with Crippen LogP contribution in [0.25, 0.3) is 0 Å². The molecule has 1 aliphatic heterocycles. The molecule has 1 saturated heterocycles. The van der Waals surface area contributed by atoms with Gasteiger partial charge in [0.15, 0.2) is 0 Å². The number of likely N-dealkylation sites (tertiary alicyclic amines) is 1. The molecular weight excluding hydrogens is 270 g/mol. The van der Waals surface area contributed by atoms with E-state index < -0.39 is 0 Å². The Labute approximate surface area is 123 Å². The minimum Gasteiger partial charge on any atom is -0.384 e. The van der Waals surface area contributed by atoms with Gasteiger partial charge in [0.2, 0.25) is 5.91 Å². The number of hydrogen-bond donors (Lipinski definition) is 2. The van der Waals surface area contributed by atoms with Crippen molar-refractivity contribution in [3.05, 3.63) is 29.6 Å². The van der Waals surface area contributed by atoms with Gasteiger partial charge in [-0.3, -0.25) is 14.6 Å². The number of hydrogen-bond acceptors (Lipinski definition) is 4. The number of aromatic nitrogens is 1. The number of carbonyl (C=O) groups excluding carboxylic acids is 2. The van der Waals surface area contributed by atoms with Crippen molar-refractivity contribution in [2.24, 2.45) is 0 Å². The van der Waals surface area contributed by atoms with Crippen LogP contribution >= 0.6 is 0 Å². The first-order valence-corrected chi connectivity index (χ1v) is 6.70. The molecule has 110 valence electrons. The van der Waals surface area contributed by atoms with Crippen LogP contribution < -0.4 is 5.32 Å². The van der Waals surface area contributed by atoms with E-state index >= 15 is 0 Å². The highest BCUT2D eigenvalue weighted by molar-refractivity contribution is 5.96. The highest BCUT2D eigenvalue weighted by atomic mass is 16.2. The Bertz CT molecular complexity index is 604. The van der Waals surface area contributed by atoms with E-state index in [0.29, 0.717) is 30.5 Å². The van der Waals surface area contributed by atoms with Gasteiger partial charge in [0, 0.05) is 38.4 Å². The average molecular weight is 287 g/mol. The van der Waals surface area contributed by atoms with E-state index in [1.165, 1.54) is 12.4 Å². The zero-order valence-corrected chi connectivity index (χ0v) is 11.8. The highest BCUT2D eigenvalue weighted by Gasteiger charge is 2.24. The molecule has 1 unspecified atom stereocenters. The van der Waals surface area contributed by atoms with Crippen LogP contribution in [0.4, 0.5) is 0 Å². The summed E-state index contributed by atoms with van der Waals surface area (Å²) < 4.78 is 0. The van der Waals surface area contributed by atoms with Gasteiger partial charge in [-0.1, -0.05) is 11.8 Å². The summed E-state index contributed by atoms with van der Waals surface area (Å²) in [6.45, 7) is 0.235. The van der Waals surface area contributed by atoms with Crippen molar-refractivity contribution in [2.45, 2.75) is 18.9 Å². The molecule has 6 heteroatoms. The number of likely N-dealkylation sites (N-methyl/N-ethyl adjacent to an activating group) is 1. The van der Waals surface area contributed by atoms with Crippen LogP contribution in [0.3, 0.4) is 0 Å². The minimum atomic E-state index is -0.272. The lowest BCUT2D eigenvalue weighted by Gasteiger charge is -2.30. The summed E-state index contributed by atoms with van der Waals surface area (Å²) in [7, 11) is 1.73. The van der Waals surface area contributed by atoms with E-state index in [1.807, 2.05) is 0 Å². The zero-order chi connectivity index (χ0) is 15.2. The summed E-state index contributed by atoms with van der Waals surface area (Å²) in [6.07, 6.45) is 4.09. The number of aliphatic hydroxyl groups excluding tert-OH is 1. The fraction of sp³-hybridized carbons (Fsp3) is 0.400. The summed E-state index contributed by atoms with van der Waals surface area (Å²) in [5, 5.41) is 11.7. The molecule has 0 aromatic carbocycles. The first-order valence-electron chi connectivity index (χ1n) is 6.70. The predicted molar refractivity (Wildman–Crippen MR) is 76.3 cm³/mol. The van der Waals surface area contributed by atoms with Gasteiger partial charge >= 0.3 is 0 Å². The number of carbonyl (C=O) groups is 2. The van der Waals surface area contributed by atoms with Gasteiger partial charge in [-0.2, -0.15) is 0 Å². The molecule has 2 rings (SSSR count). The minimum absolute atomic E-state index is 0.0629. The van der Waals surface area contributed by atoms with Crippen molar-refractivity contribution in [3.8, 4) is 11.8 Å². The molecule has 2 heterocycles. The normalized spacial score (nSPS) is 17.9. The lowest BCUT2D eigenvalue weighted by Crippen LogP contribution is -2.48. The van der Waals surface area contributed by atoms with Crippen LogP contribution in [0, 0.1) is 11.8 Å². The summed E-state index contributed by atoms with van der Waals surface area (Å²) in [6, 6.07) is 1.53. The summed E-state index contributed by atoms with van der Waals surface area (Å²) in [4.78, 5) is 29.3. The molecule has 0 spiro atoms. The van der Waals surface area contributed by atoms with Crippen molar-refractivity contribution in [3.63, 3.8) is 0 Å². The second kappa shape index (κ2) is 6.86. The van der Waals surface area contributed by atoms with E-state index in [1.54, 1.807) is 18.0 Å². The molecule has 1 atom stereocenters. The lowest BCUT2D eigenvalue weighted by molar-refractivity contribution is -0.132. The molecule has 6 nitrogen and oxygen atoms in total. The van der Waals surface area contributed by atoms with Crippen molar-refractivity contribution in [2.75, 3.05) is 20.2 Å². The maximum atomic E-state index is 12.3. The Hall–Kier alpha value is -2.39. The Morgan fingerprint density at radius 2 is 2.43 bits per heavy atom. The largest absolute Gasteiger partial charge is 0.384 e. The Kier molecular flexibility index (Phi) is 4.90. The maximum Gasteiger partial charge on any atom is 0.252 e. The Balaban J connectivity index is 2.09. The van der Waals surface area contributed by atoms with Crippen LogP contribution in [-0.2, 0) is 4.79 Å². The van der Waals surface area contributed by atoms with Crippen molar-refractivity contribution >= 4 is 11.8 Å². The van der Waals surface area contributed by atoms with Gasteiger partial charge < -0.3 is 15.3 Å². The van der Waals surface area contributed by atoms with Gasteiger partial charge in [-0.05, 0) is 12.5 Å². The second-order valence-electron chi connectivity index (χ2n) is 4.86. The molecule has 2 amide bonds. The van der Waals surface area contributed by atoms with Crippen LogP contribution in [0.1, 0.15) is 28.8 Å². The zero-order valence-electron chi connectivity index (χ0n) is 11.8. The Morgan fingerprint density at radius 1 is 1.62 bits per heavy atom. The number of aliphatic hydroxyl groups is 1. The standard InChI is InChI=1S/C15H17N3O3/c1-18-10-12(4-5-14(18)20)17-15(21)13-6-7-16-9-11(13)3-2-8-19/h6-7,9,12,19H,4-5,8,10H2,1H3,(H,17,21). The van der Waals surface area contributed by atoms with E-state index in [-0.39, 0.29) is 24.5 Å². The van der Waals surface area contributed by atoms with Crippen molar-refractivity contribution in [1.82, 2.24) is 15.2 Å². The smallest absolute Gasteiger partial charge is 0.252 e. The van der Waals surface area contributed by atoms with Crippen LogP contribution in [0.15, 0.2) is 18.5 Å². The molecule has 0 saturated carbocycles. The maximum absolute atomic E-state index is 12.3. The number of amides is 2. The highest BCUT2D eigenvalue weighted by Crippen LogP contribution is 2.12. The van der Waals surface area contributed by atoms with E-state index in [2.05, 4.69) is 22.1 Å². The Morgan fingerprint density at radius 3 is 3.14 bits per heavy atom. The molecule has 2 N–H and O–H groups in total. The van der Waals surface area contributed by atoms with Gasteiger partial charge in [0.1, 0.15) is 6.61 Å². The molecule has 1 aromatic rings. The molecule has 1 aliphatic rings. The van der Waals surface area contributed by atoms with Crippen LogP contribution in [-0.4, -0.2) is 53.0 Å². The number of piperidine rings is 1. The summed E-state index contributed by atoms with van der Waals surface area (Å²) >= 11 is 0. The first kappa shape index (κ1) is 15.0. The quantitative estimate of drug-likeness (QED) is 0.737. The molecule has 0 aliphatic carbocycles. The monoisotopic (exact) mass is 287 g/mol. The topological polar surface area (TPSA) is 82.5 Å². The van der Waals surface area contributed by atoms with Gasteiger partial charge in [-0.25, -0.2) is 0 Å². The fourth-order valence-electron chi connectivity index (χ4n) is 2.22. The second-order valence-corrected chi connectivity index (χ2v) is 4.86. The number of pyridine rings is 1. The van der Waals surface area contributed by atoms with Gasteiger partial charge in [-0.15, -0.1) is 0 Å². The third-order valence-electron chi connectivity index (χ3n) is 3.33. The third kappa shape index (κ3) is 3.80. The molecule has 0 bridgehead atoms. The lowest BCUT2D eigenvalue weighted by atomic mass is 10.0. The van der Waals surface area contributed by atoms with Gasteiger partial charge in [0.05, 0.1) is 11.1 Å².